The van der Waals surface area contributed by atoms with Crippen LogP contribution in [0.15, 0.2) is 52.4 Å². The van der Waals surface area contributed by atoms with Gasteiger partial charge in [0, 0.05) is 5.75 Å². The fourth-order valence-electron chi connectivity index (χ4n) is 2.56. The van der Waals surface area contributed by atoms with Gasteiger partial charge in [-0.25, -0.2) is 0 Å². The van der Waals surface area contributed by atoms with Crippen molar-refractivity contribution in [2.24, 2.45) is 0 Å². The zero-order valence-corrected chi connectivity index (χ0v) is 17.0. The van der Waals surface area contributed by atoms with Crippen molar-refractivity contribution in [2.75, 3.05) is 32.5 Å². The van der Waals surface area contributed by atoms with E-state index in [0.29, 0.717) is 28.7 Å². The van der Waals surface area contributed by atoms with Crippen molar-refractivity contribution < 1.29 is 14.2 Å². The van der Waals surface area contributed by atoms with E-state index in [1.807, 2.05) is 30.3 Å². The minimum atomic E-state index is -0.499. The first-order chi connectivity index (χ1) is 14.1. The molecule has 0 saturated carbocycles. The highest BCUT2D eigenvalue weighted by atomic mass is 32.2. The molecule has 0 fully saturated rings. The van der Waals surface area contributed by atoms with Crippen LogP contribution in [0.4, 0.5) is 11.5 Å². The van der Waals surface area contributed by atoms with Gasteiger partial charge in [-0.1, -0.05) is 30.0 Å². The van der Waals surface area contributed by atoms with Crippen molar-refractivity contribution in [2.45, 2.75) is 10.9 Å². The van der Waals surface area contributed by atoms with Crippen LogP contribution in [-0.4, -0.2) is 36.2 Å². The van der Waals surface area contributed by atoms with Crippen LogP contribution >= 0.6 is 11.8 Å². The van der Waals surface area contributed by atoms with Crippen molar-refractivity contribution >= 4 is 23.3 Å². The quantitative estimate of drug-likeness (QED) is 0.423. The molecule has 1 heterocycles. The van der Waals surface area contributed by atoms with Crippen LogP contribution < -0.4 is 30.9 Å². The Balaban J connectivity index is 1.77. The number of hydrogen-bond acceptors (Lipinski definition) is 9. The first-order valence-corrected chi connectivity index (χ1v) is 9.54. The molecule has 3 N–H and O–H groups in total. The Morgan fingerprint density at radius 3 is 2.45 bits per heavy atom. The second-order valence-corrected chi connectivity index (χ2v) is 6.75. The highest BCUT2D eigenvalue weighted by molar-refractivity contribution is 7.98. The third-order valence-electron chi connectivity index (χ3n) is 4.04. The van der Waals surface area contributed by atoms with Crippen LogP contribution in [0, 0.1) is 0 Å². The molecule has 0 aliphatic heterocycles. The maximum absolute atomic E-state index is 12.6. The summed E-state index contributed by atoms with van der Waals surface area (Å²) in [5, 5.41) is 11.3. The van der Waals surface area contributed by atoms with Crippen LogP contribution in [0.25, 0.3) is 0 Å². The number of ether oxygens (including phenoxy) is 3. The number of nitrogens with zero attached hydrogens (tertiary/aromatic N) is 3. The first kappa shape index (κ1) is 20.3. The highest BCUT2D eigenvalue weighted by Crippen LogP contribution is 2.30. The Kier molecular flexibility index (Phi) is 6.45. The summed E-state index contributed by atoms with van der Waals surface area (Å²) in [6.07, 6.45) is 0. The van der Waals surface area contributed by atoms with Crippen molar-refractivity contribution in [3.63, 3.8) is 0 Å². The summed E-state index contributed by atoms with van der Waals surface area (Å²) in [6, 6.07) is 12.7. The van der Waals surface area contributed by atoms with Crippen molar-refractivity contribution in [1.29, 1.82) is 0 Å². The number of nitrogens with one attached hydrogen (secondary N) is 1. The third-order valence-corrected chi connectivity index (χ3v) is 5.05. The maximum Gasteiger partial charge on any atom is 0.315 e. The molecule has 9 nitrogen and oxygen atoms in total. The van der Waals surface area contributed by atoms with E-state index in [9.17, 15) is 4.79 Å². The Morgan fingerprint density at radius 2 is 1.72 bits per heavy atom. The lowest BCUT2D eigenvalue weighted by Crippen LogP contribution is -2.32. The molecule has 0 spiro atoms. The largest absolute Gasteiger partial charge is 0.495 e. The van der Waals surface area contributed by atoms with E-state index in [1.165, 1.54) is 11.8 Å². The molecule has 29 heavy (non-hydrogen) atoms. The van der Waals surface area contributed by atoms with Crippen LogP contribution in [0.1, 0.15) is 5.56 Å². The average Bonchev–Trinajstić information content (AvgIpc) is 2.76. The number of nitrogen functional groups attached to an aromatic ring is 1. The van der Waals surface area contributed by atoms with Crippen LogP contribution in [0.2, 0.25) is 0 Å². The lowest BCUT2D eigenvalue weighted by Gasteiger charge is -2.12. The maximum atomic E-state index is 12.6. The topological polar surface area (TPSA) is 114 Å². The summed E-state index contributed by atoms with van der Waals surface area (Å²) in [6.45, 7) is 0. The number of para-hydroxylation sites is 2. The van der Waals surface area contributed by atoms with Gasteiger partial charge in [0.05, 0.1) is 27.0 Å². The Morgan fingerprint density at radius 1 is 1.00 bits per heavy atom. The van der Waals surface area contributed by atoms with E-state index in [0.717, 1.165) is 10.2 Å². The predicted octanol–water partition coefficient (Wildman–Crippen LogP) is 2.41. The third kappa shape index (κ3) is 4.54. The van der Waals surface area contributed by atoms with E-state index < -0.39 is 5.56 Å². The Labute approximate surface area is 171 Å². The van der Waals surface area contributed by atoms with E-state index in [4.69, 9.17) is 20.1 Å². The fraction of sp³-hybridized carbons (Fsp3) is 0.211. The van der Waals surface area contributed by atoms with Crippen molar-refractivity contribution in [3.05, 3.63) is 58.4 Å². The summed E-state index contributed by atoms with van der Waals surface area (Å²) >= 11 is 1.29. The van der Waals surface area contributed by atoms with Crippen LogP contribution in [-0.2, 0) is 5.75 Å². The molecule has 0 unspecified atom stereocenters. The van der Waals surface area contributed by atoms with Gasteiger partial charge in [0.15, 0.2) is 11.5 Å². The van der Waals surface area contributed by atoms with Gasteiger partial charge in [0.25, 0.3) is 0 Å². The average molecular weight is 415 g/mol. The van der Waals surface area contributed by atoms with Gasteiger partial charge < -0.3 is 25.4 Å². The van der Waals surface area contributed by atoms with Gasteiger partial charge in [0.2, 0.25) is 11.0 Å². The molecule has 1 aromatic heterocycles. The number of aromatic nitrogens is 3. The second-order valence-electron chi connectivity index (χ2n) is 5.81. The van der Waals surface area contributed by atoms with Gasteiger partial charge in [-0.3, -0.25) is 4.79 Å². The van der Waals surface area contributed by atoms with Gasteiger partial charge in [-0.15, -0.1) is 10.2 Å². The van der Waals surface area contributed by atoms with Crippen molar-refractivity contribution in [3.8, 4) is 17.2 Å². The minimum absolute atomic E-state index is 0.00691. The molecule has 3 rings (SSSR count). The molecule has 0 saturated heterocycles. The van der Waals surface area contributed by atoms with Gasteiger partial charge in [0.1, 0.15) is 5.75 Å². The molecule has 0 bridgehead atoms. The molecule has 10 heteroatoms. The monoisotopic (exact) mass is 415 g/mol. The van der Waals surface area contributed by atoms with Crippen molar-refractivity contribution in [1.82, 2.24) is 14.9 Å². The standard InChI is InChI=1S/C19H21N5O4S/c1-26-14-7-5-4-6-13(14)21-17-18(25)24(20)19(23-22-17)29-11-12-8-9-15(27-2)16(10-12)28-3/h4-10H,11,20H2,1-3H3,(H,21,22). The number of rotatable bonds is 8. The van der Waals surface area contributed by atoms with Crippen LogP contribution in [0.3, 0.4) is 0 Å². The summed E-state index contributed by atoms with van der Waals surface area (Å²) in [7, 11) is 4.70. The number of anilines is 2. The van der Waals surface area contributed by atoms with Gasteiger partial charge >= 0.3 is 5.56 Å². The molecule has 0 amide bonds. The Bertz CT molecular complexity index is 1060. The highest BCUT2D eigenvalue weighted by Gasteiger charge is 2.13. The molecule has 152 valence electrons. The normalized spacial score (nSPS) is 10.4. The minimum Gasteiger partial charge on any atom is -0.495 e. The van der Waals surface area contributed by atoms with E-state index in [-0.39, 0.29) is 11.0 Å². The molecular weight excluding hydrogens is 394 g/mol. The molecule has 0 aliphatic rings. The molecule has 0 atom stereocenters. The van der Waals surface area contributed by atoms with E-state index in [2.05, 4.69) is 15.5 Å². The number of nitrogens with two attached hydrogens (primary N) is 1. The number of hydrogen-bond donors (Lipinski definition) is 2. The zero-order valence-electron chi connectivity index (χ0n) is 16.2. The summed E-state index contributed by atoms with van der Waals surface area (Å²) in [5.41, 5.74) is 1.05. The SMILES string of the molecule is COc1ccccc1Nc1nnc(SCc2ccc(OC)c(OC)c2)n(N)c1=O. The number of methoxy groups -OCH3 is 3. The van der Waals surface area contributed by atoms with E-state index in [1.54, 1.807) is 33.5 Å². The number of benzene rings is 2. The van der Waals surface area contributed by atoms with Gasteiger partial charge in [-0.05, 0) is 29.8 Å². The molecule has 3 aromatic rings. The van der Waals surface area contributed by atoms with E-state index >= 15 is 0 Å². The van der Waals surface area contributed by atoms with Gasteiger partial charge in [-0.2, -0.15) is 4.68 Å². The molecule has 0 aliphatic carbocycles. The number of thioether (sulfide) groups is 1. The van der Waals surface area contributed by atoms with Crippen LogP contribution in [0.5, 0.6) is 17.2 Å². The summed E-state index contributed by atoms with van der Waals surface area (Å²) in [4.78, 5) is 12.6. The summed E-state index contributed by atoms with van der Waals surface area (Å²) < 4.78 is 16.8. The first-order valence-electron chi connectivity index (χ1n) is 8.56. The Hall–Kier alpha value is -3.40. The second kappa shape index (κ2) is 9.20. The summed E-state index contributed by atoms with van der Waals surface area (Å²) in [5.74, 6) is 8.30. The predicted molar refractivity (Wildman–Crippen MR) is 112 cm³/mol. The molecule has 0 radical (unpaired) electrons. The lowest BCUT2D eigenvalue weighted by atomic mass is 10.2. The molecular formula is C19H21N5O4S. The smallest absolute Gasteiger partial charge is 0.315 e. The molecule has 2 aromatic carbocycles. The zero-order chi connectivity index (χ0) is 20.8. The fourth-order valence-corrected chi connectivity index (χ4v) is 3.35. The lowest BCUT2D eigenvalue weighted by molar-refractivity contribution is 0.354.